The zero-order chi connectivity index (χ0) is 20.7. The summed E-state index contributed by atoms with van der Waals surface area (Å²) in [6, 6.07) is -0.349. The molecule has 1 spiro atoms. The summed E-state index contributed by atoms with van der Waals surface area (Å²) in [5.41, 5.74) is -1.19. The van der Waals surface area contributed by atoms with Gasteiger partial charge in [0.1, 0.15) is 5.60 Å². The summed E-state index contributed by atoms with van der Waals surface area (Å²) in [5, 5.41) is 0. The Labute approximate surface area is 169 Å². The van der Waals surface area contributed by atoms with Crippen molar-refractivity contribution in [2.75, 3.05) is 6.54 Å². The topological polar surface area (TPSA) is 63.7 Å². The molecule has 1 aliphatic heterocycles. The van der Waals surface area contributed by atoms with Gasteiger partial charge in [-0.15, -0.1) is 0 Å². The van der Waals surface area contributed by atoms with E-state index in [4.69, 9.17) is 4.74 Å². The maximum Gasteiger partial charge on any atom is 0.310 e. The summed E-state index contributed by atoms with van der Waals surface area (Å²) < 4.78 is 5.60. The average Bonchev–Trinajstić information content (AvgIpc) is 2.97. The van der Waals surface area contributed by atoms with Crippen LogP contribution in [0.4, 0.5) is 0 Å². The third kappa shape index (κ3) is 3.99. The molecule has 0 aromatic rings. The van der Waals surface area contributed by atoms with Gasteiger partial charge in [0.15, 0.2) is 5.78 Å². The number of nitrogens with zero attached hydrogens (tertiary/aromatic N) is 1. The lowest BCUT2D eigenvalue weighted by Crippen LogP contribution is -2.69. The number of likely N-dealkylation sites (tertiary alicyclic amines) is 1. The van der Waals surface area contributed by atoms with Crippen molar-refractivity contribution in [3.63, 3.8) is 0 Å². The third-order valence-electron chi connectivity index (χ3n) is 6.93. The molecule has 2 unspecified atom stereocenters. The zero-order valence-electron chi connectivity index (χ0n) is 18.3. The first kappa shape index (κ1) is 21.3. The number of rotatable bonds is 7. The number of hydrogen-bond donors (Lipinski definition) is 0. The van der Waals surface area contributed by atoms with Crippen LogP contribution in [0.5, 0.6) is 0 Å². The van der Waals surface area contributed by atoms with Gasteiger partial charge in [-0.1, -0.05) is 39.5 Å². The van der Waals surface area contributed by atoms with Gasteiger partial charge in [-0.05, 0) is 51.9 Å². The molecule has 0 bridgehead atoms. The molecular weight excluding hydrogens is 354 g/mol. The molecular formula is C23H37NO4. The van der Waals surface area contributed by atoms with Crippen LogP contribution in [0.15, 0.2) is 0 Å². The molecule has 158 valence electrons. The van der Waals surface area contributed by atoms with Gasteiger partial charge in [0.05, 0.1) is 17.4 Å². The van der Waals surface area contributed by atoms with E-state index in [1.807, 2.05) is 34.6 Å². The number of carbonyl (C=O) groups excluding carboxylic acids is 3. The van der Waals surface area contributed by atoms with Crippen LogP contribution in [-0.2, 0) is 19.1 Å². The number of esters is 1. The quantitative estimate of drug-likeness (QED) is 0.483. The Morgan fingerprint density at radius 1 is 1.18 bits per heavy atom. The Morgan fingerprint density at radius 2 is 1.86 bits per heavy atom. The largest absolute Gasteiger partial charge is 0.460 e. The van der Waals surface area contributed by atoms with Crippen molar-refractivity contribution >= 4 is 17.7 Å². The second kappa shape index (κ2) is 7.79. The lowest BCUT2D eigenvalue weighted by Gasteiger charge is -2.53. The molecule has 0 radical (unpaired) electrons. The summed E-state index contributed by atoms with van der Waals surface area (Å²) >= 11 is 0. The van der Waals surface area contributed by atoms with E-state index in [9.17, 15) is 14.4 Å². The van der Waals surface area contributed by atoms with Gasteiger partial charge in [-0.2, -0.15) is 0 Å². The molecule has 0 N–H and O–H groups in total. The average molecular weight is 392 g/mol. The maximum absolute atomic E-state index is 13.3. The highest BCUT2D eigenvalue weighted by Crippen LogP contribution is 2.52. The first-order valence-corrected chi connectivity index (χ1v) is 11.1. The van der Waals surface area contributed by atoms with Crippen LogP contribution in [0, 0.1) is 23.2 Å². The molecule has 2 saturated carbocycles. The number of β-lactam (4-membered cyclic amide) rings is 1. The second-order valence-electron chi connectivity index (χ2n) is 10.6. The third-order valence-corrected chi connectivity index (χ3v) is 6.93. The van der Waals surface area contributed by atoms with Crippen molar-refractivity contribution in [3.8, 4) is 0 Å². The number of ketones is 1. The lowest BCUT2D eigenvalue weighted by molar-refractivity contribution is -0.184. The van der Waals surface area contributed by atoms with Crippen LogP contribution in [0.3, 0.4) is 0 Å². The summed E-state index contributed by atoms with van der Waals surface area (Å²) in [6.07, 6.45) is 7.59. The van der Waals surface area contributed by atoms with E-state index < -0.39 is 11.0 Å². The van der Waals surface area contributed by atoms with E-state index in [1.54, 1.807) is 4.90 Å². The van der Waals surface area contributed by atoms with Gasteiger partial charge >= 0.3 is 5.97 Å². The highest BCUT2D eigenvalue weighted by Gasteiger charge is 2.63. The normalized spacial score (nSPS) is 29.0. The van der Waals surface area contributed by atoms with Crippen LogP contribution in [0.2, 0.25) is 0 Å². The summed E-state index contributed by atoms with van der Waals surface area (Å²) in [7, 11) is 0. The molecule has 1 saturated heterocycles. The summed E-state index contributed by atoms with van der Waals surface area (Å²) in [5.74, 6) is 0.357. The molecule has 0 aromatic heterocycles. The predicted molar refractivity (Wildman–Crippen MR) is 108 cm³/mol. The van der Waals surface area contributed by atoms with Crippen LogP contribution in [0.25, 0.3) is 0 Å². The van der Waals surface area contributed by atoms with Crippen LogP contribution >= 0.6 is 0 Å². The minimum Gasteiger partial charge on any atom is -0.460 e. The van der Waals surface area contributed by atoms with E-state index in [2.05, 4.69) is 0 Å². The van der Waals surface area contributed by atoms with Crippen molar-refractivity contribution in [2.45, 2.75) is 97.6 Å². The molecule has 1 amide bonds. The lowest BCUT2D eigenvalue weighted by atomic mass is 9.68. The fourth-order valence-electron chi connectivity index (χ4n) is 5.28. The molecule has 3 atom stereocenters. The fraction of sp³-hybridized carbons (Fsp3) is 0.870. The Bertz CT molecular complexity index is 631. The number of carbonyl (C=O) groups is 3. The Morgan fingerprint density at radius 3 is 2.36 bits per heavy atom. The maximum atomic E-state index is 13.3. The standard InChI is InChI=1S/C23H37NO4/c1-15(2)19(18(25)12-11-16-8-6-9-16)24-14-23(21(24)27)13-7-10-17(23)20(26)28-22(3,4)5/h15-17,19H,6-14H2,1-5H3/t17?,19-,23?/m0/s1. The molecule has 0 aromatic carbocycles. The Hall–Kier alpha value is -1.39. The van der Waals surface area contributed by atoms with Gasteiger partial charge in [0, 0.05) is 13.0 Å². The summed E-state index contributed by atoms with van der Waals surface area (Å²) in [4.78, 5) is 40.7. The Balaban J connectivity index is 1.66. The molecule has 3 aliphatic rings. The molecule has 2 aliphatic carbocycles. The van der Waals surface area contributed by atoms with Gasteiger partial charge in [-0.25, -0.2) is 0 Å². The van der Waals surface area contributed by atoms with Crippen LogP contribution in [0.1, 0.15) is 86.0 Å². The van der Waals surface area contributed by atoms with Crippen LogP contribution < -0.4 is 0 Å². The van der Waals surface area contributed by atoms with Crippen molar-refractivity contribution in [1.29, 1.82) is 0 Å². The van der Waals surface area contributed by atoms with E-state index >= 15 is 0 Å². The molecule has 3 rings (SSSR count). The number of hydrogen-bond acceptors (Lipinski definition) is 4. The summed E-state index contributed by atoms with van der Waals surface area (Å²) in [6.45, 7) is 10.1. The van der Waals surface area contributed by atoms with E-state index in [-0.39, 0.29) is 35.5 Å². The second-order valence-corrected chi connectivity index (χ2v) is 10.6. The van der Waals surface area contributed by atoms with Crippen LogP contribution in [-0.4, -0.2) is 40.7 Å². The minimum atomic E-state index is -0.635. The monoisotopic (exact) mass is 391 g/mol. The Kier molecular flexibility index (Phi) is 5.94. The first-order chi connectivity index (χ1) is 13.0. The molecule has 28 heavy (non-hydrogen) atoms. The van der Waals surface area contributed by atoms with E-state index in [0.29, 0.717) is 25.3 Å². The molecule has 5 heteroatoms. The van der Waals surface area contributed by atoms with E-state index in [0.717, 1.165) is 19.3 Å². The molecule has 5 nitrogen and oxygen atoms in total. The van der Waals surface area contributed by atoms with Gasteiger partial charge in [-0.3, -0.25) is 14.4 Å². The number of Topliss-reactive ketones (excluding diaryl/α,β-unsaturated/α-hetero) is 1. The van der Waals surface area contributed by atoms with E-state index in [1.165, 1.54) is 19.3 Å². The zero-order valence-corrected chi connectivity index (χ0v) is 18.3. The van der Waals surface area contributed by atoms with Gasteiger partial charge in [0.2, 0.25) is 5.91 Å². The smallest absolute Gasteiger partial charge is 0.310 e. The number of amides is 1. The predicted octanol–water partition coefficient (Wildman–Crippen LogP) is 4.13. The highest BCUT2D eigenvalue weighted by atomic mass is 16.6. The van der Waals surface area contributed by atoms with Crippen molar-refractivity contribution in [3.05, 3.63) is 0 Å². The highest BCUT2D eigenvalue weighted by molar-refractivity contribution is 5.98. The molecule has 3 fully saturated rings. The van der Waals surface area contributed by atoms with Crippen molar-refractivity contribution < 1.29 is 19.1 Å². The fourth-order valence-corrected chi connectivity index (χ4v) is 5.28. The number of ether oxygens (including phenoxy) is 1. The first-order valence-electron chi connectivity index (χ1n) is 11.1. The van der Waals surface area contributed by atoms with Crippen molar-refractivity contribution in [2.24, 2.45) is 23.2 Å². The minimum absolute atomic E-state index is 0.00319. The van der Waals surface area contributed by atoms with Gasteiger partial charge < -0.3 is 9.64 Å². The molecule has 1 heterocycles. The van der Waals surface area contributed by atoms with Gasteiger partial charge in [0.25, 0.3) is 0 Å². The van der Waals surface area contributed by atoms with Crippen molar-refractivity contribution in [1.82, 2.24) is 4.90 Å². The SMILES string of the molecule is CC(C)[C@@H](C(=O)CCC1CCC1)N1CC2(CCCC2C(=O)OC(C)(C)C)C1=O.